The van der Waals surface area contributed by atoms with E-state index >= 15 is 0 Å². The van der Waals surface area contributed by atoms with Gasteiger partial charge in [0.1, 0.15) is 6.10 Å². The Morgan fingerprint density at radius 3 is 2.95 bits per heavy atom. The van der Waals surface area contributed by atoms with Crippen molar-refractivity contribution in [3.63, 3.8) is 0 Å². The molecule has 106 valence electrons. The number of likely N-dealkylation sites (tertiary alicyclic amines) is 1. The molecule has 0 aromatic carbocycles. The average Bonchev–Trinajstić information content (AvgIpc) is 2.44. The van der Waals surface area contributed by atoms with Crippen molar-refractivity contribution in [2.24, 2.45) is 5.92 Å². The third kappa shape index (κ3) is 2.87. The van der Waals surface area contributed by atoms with Crippen molar-refractivity contribution in [3.8, 4) is 5.88 Å². The number of carbonyl (C=O) groups is 1. The fraction of sp³-hybridized carbons (Fsp3) is 0.467. The Morgan fingerprint density at radius 1 is 1.40 bits per heavy atom. The van der Waals surface area contributed by atoms with Crippen LogP contribution in [0.3, 0.4) is 0 Å². The molecule has 0 N–H and O–H groups in total. The molecule has 2 heterocycles. The fourth-order valence-corrected chi connectivity index (χ4v) is 2.93. The molecule has 0 spiro atoms. The van der Waals surface area contributed by atoms with Crippen molar-refractivity contribution < 1.29 is 9.53 Å². The molecule has 0 saturated carbocycles. The van der Waals surface area contributed by atoms with Gasteiger partial charge in [-0.05, 0) is 47.3 Å². The smallest absolute Gasteiger partial charge is 0.228 e. The molecule has 1 saturated heterocycles. The summed E-state index contributed by atoms with van der Waals surface area (Å²) >= 11 is 3.41. The second-order valence-corrected chi connectivity index (χ2v) is 6.11. The van der Waals surface area contributed by atoms with Crippen LogP contribution in [0.25, 0.3) is 0 Å². The first-order chi connectivity index (χ1) is 9.74. The number of hydrogen-bond acceptors (Lipinski definition) is 3. The molecule has 0 radical (unpaired) electrons. The zero-order chi connectivity index (χ0) is 13.9. The van der Waals surface area contributed by atoms with Crippen molar-refractivity contribution >= 4 is 21.8 Å². The molecule has 1 unspecified atom stereocenters. The molecule has 1 aromatic heterocycles. The van der Waals surface area contributed by atoms with Crippen LogP contribution in [0.1, 0.15) is 19.3 Å². The van der Waals surface area contributed by atoms with E-state index in [2.05, 4.69) is 33.1 Å². The largest absolute Gasteiger partial charge is 0.470 e. The predicted octanol–water partition coefficient (Wildman–Crippen LogP) is 2.79. The summed E-state index contributed by atoms with van der Waals surface area (Å²) in [5.41, 5.74) is 0. The van der Waals surface area contributed by atoms with Crippen LogP contribution in [0, 0.1) is 5.92 Å². The number of hydrogen-bond donors (Lipinski definition) is 0. The molecular formula is C15H17BrN2O2. The molecule has 0 bridgehead atoms. The number of halogens is 1. The monoisotopic (exact) mass is 336 g/mol. The highest BCUT2D eigenvalue weighted by Crippen LogP contribution is 2.27. The Hall–Kier alpha value is -1.36. The highest BCUT2D eigenvalue weighted by molar-refractivity contribution is 9.10. The second kappa shape index (κ2) is 5.95. The van der Waals surface area contributed by atoms with Crippen LogP contribution in [0.4, 0.5) is 0 Å². The summed E-state index contributed by atoms with van der Waals surface area (Å²) in [5, 5.41) is 0. The van der Waals surface area contributed by atoms with Crippen LogP contribution in [0.5, 0.6) is 5.88 Å². The van der Waals surface area contributed by atoms with Crippen LogP contribution in [-0.4, -0.2) is 35.0 Å². The zero-order valence-corrected chi connectivity index (χ0v) is 12.8. The number of pyridine rings is 1. The lowest BCUT2D eigenvalue weighted by molar-refractivity contribution is -0.144. The summed E-state index contributed by atoms with van der Waals surface area (Å²) in [6.07, 6.45) is 8.91. The van der Waals surface area contributed by atoms with Gasteiger partial charge >= 0.3 is 0 Å². The second-order valence-electron chi connectivity index (χ2n) is 5.25. The number of nitrogens with zero attached hydrogens (tertiary/aromatic N) is 2. The lowest BCUT2D eigenvalue weighted by Crippen LogP contribution is -2.57. The number of rotatable bonds is 3. The Kier molecular flexibility index (Phi) is 4.05. The van der Waals surface area contributed by atoms with Crippen LogP contribution in [0.2, 0.25) is 0 Å². The Labute approximate surface area is 127 Å². The fourth-order valence-electron chi connectivity index (χ4n) is 2.58. The van der Waals surface area contributed by atoms with Crippen LogP contribution >= 0.6 is 15.9 Å². The van der Waals surface area contributed by atoms with Gasteiger partial charge in [-0.1, -0.05) is 12.2 Å². The number of allylic oxidation sites excluding steroid dienone is 2. The molecule has 1 amide bonds. The highest BCUT2D eigenvalue weighted by atomic mass is 79.9. The molecule has 3 rings (SSSR count). The minimum Gasteiger partial charge on any atom is -0.470 e. The number of amides is 1. The summed E-state index contributed by atoms with van der Waals surface area (Å²) in [4.78, 5) is 18.3. The maximum atomic E-state index is 12.3. The third-order valence-corrected chi connectivity index (χ3v) is 4.38. The van der Waals surface area contributed by atoms with E-state index in [1.54, 1.807) is 6.20 Å². The van der Waals surface area contributed by atoms with E-state index in [9.17, 15) is 4.79 Å². The van der Waals surface area contributed by atoms with E-state index in [0.29, 0.717) is 19.0 Å². The lowest BCUT2D eigenvalue weighted by atomic mass is 9.92. The maximum Gasteiger partial charge on any atom is 0.228 e. The topological polar surface area (TPSA) is 42.4 Å². The van der Waals surface area contributed by atoms with Gasteiger partial charge in [0, 0.05) is 12.1 Å². The first kappa shape index (κ1) is 13.6. The maximum absolute atomic E-state index is 12.3. The predicted molar refractivity (Wildman–Crippen MR) is 79.4 cm³/mol. The molecule has 2 aliphatic rings. The molecule has 1 aromatic rings. The van der Waals surface area contributed by atoms with E-state index in [-0.39, 0.29) is 17.9 Å². The minimum absolute atomic E-state index is 0.0595. The highest BCUT2D eigenvalue weighted by Gasteiger charge is 2.35. The van der Waals surface area contributed by atoms with E-state index in [4.69, 9.17) is 4.74 Å². The van der Waals surface area contributed by atoms with Crippen LogP contribution < -0.4 is 4.74 Å². The van der Waals surface area contributed by atoms with E-state index < -0.39 is 0 Å². The van der Waals surface area contributed by atoms with Gasteiger partial charge in [-0.15, -0.1) is 0 Å². The van der Waals surface area contributed by atoms with Crippen LogP contribution in [-0.2, 0) is 4.79 Å². The minimum atomic E-state index is 0.0595. The van der Waals surface area contributed by atoms with Gasteiger partial charge in [-0.25, -0.2) is 4.98 Å². The zero-order valence-electron chi connectivity index (χ0n) is 11.2. The van der Waals surface area contributed by atoms with Gasteiger partial charge in [0.25, 0.3) is 0 Å². The van der Waals surface area contributed by atoms with Crippen molar-refractivity contribution in [1.29, 1.82) is 0 Å². The molecule has 1 aliphatic carbocycles. The summed E-state index contributed by atoms with van der Waals surface area (Å²) in [6, 6.07) is 3.75. The van der Waals surface area contributed by atoms with E-state index in [1.807, 2.05) is 17.0 Å². The first-order valence-electron chi connectivity index (χ1n) is 6.95. The Balaban J connectivity index is 1.50. The van der Waals surface area contributed by atoms with Gasteiger partial charge in [0.05, 0.1) is 17.6 Å². The summed E-state index contributed by atoms with van der Waals surface area (Å²) in [5.74, 6) is 1.04. The molecule has 1 aliphatic heterocycles. The van der Waals surface area contributed by atoms with Crippen LogP contribution in [0.15, 0.2) is 35.0 Å². The van der Waals surface area contributed by atoms with Crippen molar-refractivity contribution in [2.75, 3.05) is 13.1 Å². The van der Waals surface area contributed by atoms with E-state index in [0.717, 1.165) is 23.7 Å². The number of carbonyl (C=O) groups excluding carboxylic acids is 1. The van der Waals surface area contributed by atoms with Gasteiger partial charge in [-0.2, -0.15) is 0 Å². The van der Waals surface area contributed by atoms with E-state index in [1.165, 1.54) is 0 Å². The normalized spacial score (nSPS) is 22.4. The molecule has 1 fully saturated rings. The standard InChI is InChI=1S/C15H17BrN2O2/c16-13-7-4-8-17-14(13)20-12-9-18(10-12)15(19)11-5-2-1-3-6-11/h1-2,4,7-8,11-12H,3,5-6,9-10H2. The third-order valence-electron chi connectivity index (χ3n) is 3.78. The summed E-state index contributed by atoms with van der Waals surface area (Å²) < 4.78 is 6.63. The summed E-state index contributed by atoms with van der Waals surface area (Å²) in [6.45, 7) is 1.34. The number of aromatic nitrogens is 1. The van der Waals surface area contributed by atoms with Crippen molar-refractivity contribution in [2.45, 2.75) is 25.4 Å². The molecule has 5 heteroatoms. The van der Waals surface area contributed by atoms with Crippen molar-refractivity contribution in [3.05, 3.63) is 35.0 Å². The van der Waals surface area contributed by atoms with Gasteiger partial charge in [-0.3, -0.25) is 4.79 Å². The molecule has 20 heavy (non-hydrogen) atoms. The van der Waals surface area contributed by atoms with Gasteiger partial charge in [0.15, 0.2) is 0 Å². The SMILES string of the molecule is O=C(C1CC=CCC1)N1CC(Oc2ncccc2Br)C1. The average molecular weight is 337 g/mol. The molecular weight excluding hydrogens is 320 g/mol. The molecule has 4 nitrogen and oxygen atoms in total. The van der Waals surface area contributed by atoms with Gasteiger partial charge in [0.2, 0.25) is 11.8 Å². The Bertz CT molecular complexity index is 526. The van der Waals surface area contributed by atoms with Crippen molar-refractivity contribution in [1.82, 2.24) is 9.88 Å². The lowest BCUT2D eigenvalue weighted by Gasteiger charge is -2.40. The quantitative estimate of drug-likeness (QED) is 0.797. The van der Waals surface area contributed by atoms with Gasteiger partial charge < -0.3 is 9.64 Å². The first-order valence-corrected chi connectivity index (χ1v) is 7.74. The Morgan fingerprint density at radius 2 is 2.25 bits per heavy atom. The number of ether oxygens (including phenoxy) is 1. The summed E-state index contributed by atoms with van der Waals surface area (Å²) in [7, 11) is 0. The molecule has 1 atom stereocenters.